The maximum Gasteiger partial charge on any atom is 0.264 e. The van der Waals surface area contributed by atoms with E-state index < -0.39 is 5.82 Å². The van der Waals surface area contributed by atoms with Gasteiger partial charge in [-0.3, -0.25) is 14.2 Å². The number of carbonyl (C=O) groups excluding carboxylic acids is 1. The van der Waals surface area contributed by atoms with Gasteiger partial charge in [-0.15, -0.1) is 0 Å². The minimum absolute atomic E-state index is 0.172. The van der Waals surface area contributed by atoms with Gasteiger partial charge in [-0.2, -0.15) is 5.10 Å². The number of fused-ring (bicyclic) bond motifs is 2. The van der Waals surface area contributed by atoms with Crippen molar-refractivity contribution in [2.75, 3.05) is 6.54 Å². The lowest BCUT2D eigenvalue weighted by molar-refractivity contribution is 0.0952. The van der Waals surface area contributed by atoms with E-state index in [-0.39, 0.29) is 18.0 Å². The monoisotopic (exact) mass is 441 g/mol. The van der Waals surface area contributed by atoms with Crippen LogP contribution in [-0.2, 0) is 13.1 Å². The second-order valence-corrected chi connectivity index (χ2v) is 7.68. The van der Waals surface area contributed by atoms with Crippen LogP contribution in [0.1, 0.15) is 15.9 Å². The molecule has 0 radical (unpaired) electrons. The number of rotatable bonds is 6. The first-order valence-electron chi connectivity index (χ1n) is 10.5. The normalized spacial score (nSPS) is 11.2. The number of hydrogen-bond acceptors (Lipinski definition) is 4. The molecule has 0 saturated heterocycles. The topological polar surface area (TPSA) is 81.8 Å². The first-order valence-corrected chi connectivity index (χ1v) is 10.5. The highest BCUT2D eigenvalue weighted by Gasteiger charge is 2.12. The van der Waals surface area contributed by atoms with Crippen molar-refractivity contribution in [2.24, 2.45) is 0 Å². The molecule has 3 aromatic carbocycles. The van der Waals surface area contributed by atoms with Crippen LogP contribution in [0.25, 0.3) is 21.8 Å². The van der Waals surface area contributed by atoms with Gasteiger partial charge in [-0.25, -0.2) is 14.1 Å². The third-order valence-corrected chi connectivity index (χ3v) is 5.56. The molecule has 0 bridgehead atoms. The molecule has 1 N–H and O–H groups in total. The summed E-state index contributed by atoms with van der Waals surface area (Å²) in [5, 5.41) is 9.67. The van der Waals surface area contributed by atoms with Crippen LogP contribution in [0.5, 0.6) is 0 Å². The van der Waals surface area contributed by atoms with E-state index >= 15 is 0 Å². The molecule has 0 fully saturated rings. The van der Waals surface area contributed by atoms with Gasteiger partial charge in [0.25, 0.3) is 11.5 Å². The van der Waals surface area contributed by atoms with Crippen LogP contribution in [0.15, 0.2) is 84.0 Å². The van der Waals surface area contributed by atoms with Crippen LogP contribution in [0.2, 0.25) is 0 Å². The molecule has 0 atom stereocenters. The van der Waals surface area contributed by atoms with E-state index in [0.717, 1.165) is 16.3 Å². The Hall–Kier alpha value is -4.33. The van der Waals surface area contributed by atoms with Crippen LogP contribution in [-0.4, -0.2) is 31.8 Å². The molecule has 0 unspecified atom stereocenters. The van der Waals surface area contributed by atoms with Crippen LogP contribution in [0, 0.1) is 5.82 Å². The fraction of sp³-hybridized carbons (Fsp3) is 0.120. The summed E-state index contributed by atoms with van der Waals surface area (Å²) >= 11 is 0. The predicted octanol–water partition coefficient (Wildman–Crippen LogP) is 3.36. The van der Waals surface area contributed by atoms with Gasteiger partial charge in [-0.05, 0) is 40.6 Å². The molecule has 33 heavy (non-hydrogen) atoms. The molecular weight excluding hydrogens is 421 g/mol. The fourth-order valence-corrected chi connectivity index (χ4v) is 3.87. The number of benzene rings is 3. The van der Waals surface area contributed by atoms with Gasteiger partial charge in [0.2, 0.25) is 0 Å². The predicted molar refractivity (Wildman–Crippen MR) is 124 cm³/mol. The molecule has 7 nitrogen and oxygen atoms in total. The minimum Gasteiger partial charge on any atom is -0.350 e. The van der Waals surface area contributed by atoms with E-state index in [4.69, 9.17) is 0 Å². The molecule has 0 spiro atoms. The smallest absolute Gasteiger partial charge is 0.264 e. The molecule has 8 heteroatoms. The highest BCUT2D eigenvalue weighted by molar-refractivity contribution is 5.94. The second-order valence-electron chi connectivity index (χ2n) is 7.68. The zero-order valence-electron chi connectivity index (χ0n) is 17.6. The molecule has 0 aliphatic heterocycles. The van der Waals surface area contributed by atoms with E-state index in [1.807, 2.05) is 42.5 Å². The summed E-state index contributed by atoms with van der Waals surface area (Å²) in [4.78, 5) is 29.7. The number of carbonyl (C=O) groups is 1. The molecule has 0 aliphatic carbocycles. The van der Waals surface area contributed by atoms with E-state index in [1.165, 1.54) is 36.8 Å². The Morgan fingerprint density at radius 3 is 2.61 bits per heavy atom. The molecule has 0 saturated carbocycles. The van der Waals surface area contributed by atoms with Crippen molar-refractivity contribution in [3.05, 3.63) is 107 Å². The van der Waals surface area contributed by atoms with Crippen LogP contribution < -0.4 is 10.9 Å². The van der Waals surface area contributed by atoms with E-state index in [2.05, 4.69) is 15.4 Å². The summed E-state index contributed by atoms with van der Waals surface area (Å²) in [7, 11) is 0. The van der Waals surface area contributed by atoms with Crippen molar-refractivity contribution in [1.29, 1.82) is 0 Å². The second kappa shape index (κ2) is 8.66. The Bertz CT molecular complexity index is 1520. The summed E-state index contributed by atoms with van der Waals surface area (Å²) in [6.07, 6.45) is 3.04. The number of aromatic nitrogens is 4. The maximum atomic E-state index is 13.0. The first-order chi connectivity index (χ1) is 16.1. The lowest BCUT2D eigenvalue weighted by Gasteiger charge is -2.09. The van der Waals surface area contributed by atoms with Crippen LogP contribution >= 0.6 is 0 Å². The van der Waals surface area contributed by atoms with Crippen molar-refractivity contribution in [1.82, 2.24) is 24.6 Å². The summed E-state index contributed by atoms with van der Waals surface area (Å²) in [5.74, 6) is -0.705. The Kier molecular flexibility index (Phi) is 5.40. The molecule has 5 rings (SSSR count). The maximum absolute atomic E-state index is 13.0. The van der Waals surface area contributed by atoms with Crippen LogP contribution in [0.3, 0.4) is 0 Å². The third-order valence-electron chi connectivity index (χ3n) is 5.56. The SMILES string of the molecule is O=C(NCCn1ncc2c(=O)n(Cc3cccc4ccccc34)cnc21)c1ccc(F)cc1. The molecule has 1 amide bonds. The molecule has 0 aliphatic rings. The Labute approximate surface area is 188 Å². The molecular formula is C25H20FN5O2. The summed E-state index contributed by atoms with van der Waals surface area (Å²) in [6, 6.07) is 19.4. The lowest BCUT2D eigenvalue weighted by atomic mass is 10.0. The Balaban J connectivity index is 1.32. The van der Waals surface area contributed by atoms with Crippen molar-refractivity contribution in [2.45, 2.75) is 13.1 Å². The van der Waals surface area contributed by atoms with Crippen molar-refractivity contribution < 1.29 is 9.18 Å². The standard InChI is InChI=1S/C25H20FN5O2/c26-20-10-8-18(9-11-20)24(32)27-12-13-31-23-22(14-29-31)25(33)30(16-28-23)15-19-6-3-5-17-4-1-2-7-21(17)19/h1-11,14,16H,12-13,15H2,(H,27,32). The van der Waals surface area contributed by atoms with Crippen molar-refractivity contribution in [3.8, 4) is 0 Å². The highest BCUT2D eigenvalue weighted by Crippen LogP contribution is 2.19. The molecule has 5 aromatic rings. The summed E-state index contributed by atoms with van der Waals surface area (Å²) in [6.45, 7) is 1.03. The molecule has 2 aromatic heterocycles. The Morgan fingerprint density at radius 1 is 0.970 bits per heavy atom. The number of amides is 1. The number of halogens is 1. The van der Waals surface area contributed by atoms with E-state index in [9.17, 15) is 14.0 Å². The summed E-state index contributed by atoms with van der Waals surface area (Å²) < 4.78 is 16.2. The van der Waals surface area contributed by atoms with Crippen molar-refractivity contribution in [3.63, 3.8) is 0 Å². The largest absolute Gasteiger partial charge is 0.350 e. The average molecular weight is 441 g/mol. The van der Waals surface area contributed by atoms with Gasteiger partial charge in [0.05, 0.1) is 19.3 Å². The molecule has 2 heterocycles. The lowest BCUT2D eigenvalue weighted by Crippen LogP contribution is -2.27. The Morgan fingerprint density at radius 2 is 1.76 bits per heavy atom. The quantitative estimate of drug-likeness (QED) is 0.438. The highest BCUT2D eigenvalue weighted by atomic mass is 19.1. The summed E-state index contributed by atoms with van der Waals surface area (Å²) in [5.41, 5.74) is 1.70. The number of nitrogens with zero attached hydrogens (tertiary/aromatic N) is 4. The van der Waals surface area contributed by atoms with Gasteiger partial charge >= 0.3 is 0 Å². The number of nitrogens with one attached hydrogen (secondary N) is 1. The van der Waals surface area contributed by atoms with Gasteiger partial charge in [0.1, 0.15) is 17.5 Å². The third kappa shape index (κ3) is 4.10. The molecule has 164 valence electrons. The number of hydrogen-bond donors (Lipinski definition) is 1. The zero-order valence-corrected chi connectivity index (χ0v) is 17.6. The van der Waals surface area contributed by atoms with Gasteiger partial charge in [0.15, 0.2) is 5.65 Å². The van der Waals surface area contributed by atoms with Gasteiger partial charge in [-0.1, -0.05) is 42.5 Å². The van der Waals surface area contributed by atoms with Crippen LogP contribution in [0.4, 0.5) is 4.39 Å². The average Bonchev–Trinajstić information content (AvgIpc) is 3.25. The van der Waals surface area contributed by atoms with E-state index in [1.54, 1.807) is 9.25 Å². The van der Waals surface area contributed by atoms with Crippen molar-refractivity contribution >= 4 is 27.7 Å². The first kappa shape index (κ1) is 20.6. The zero-order chi connectivity index (χ0) is 22.8. The van der Waals surface area contributed by atoms with Gasteiger partial charge in [0, 0.05) is 12.1 Å². The fourth-order valence-electron chi connectivity index (χ4n) is 3.87. The van der Waals surface area contributed by atoms with E-state index in [0.29, 0.717) is 29.7 Å². The minimum atomic E-state index is -0.397. The van der Waals surface area contributed by atoms with Gasteiger partial charge < -0.3 is 5.32 Å².